The minimum absolute atomic E-state index is 0.0105. The second-order valence-electron chi connectivity index (χ2n) is 2.87. The monoisotopic (exact) mass is 221 g/mol. The second kappa shape index (κ2) is 4.68. The van der Waals surface area contributed by atoms with Crippen LogP contribution < -0.4 is 5.73 Å². The number of rotatable bonds is 3. The lowest BCUT2D eigenvalue weighted by Crippen LogP contribution is -2.18. The quantitative estimate of drug-likeness (QED) is 0.763. The van der Waals surface area contributed by atoms with Crippen molar-refractivity contribution in [3.8, 4) is 0 Å². The van der Waals surface area contributed by atoms with E-state index in [0.717, 1.165) is 12.1 Å². The van der Waals surface area contributed by atoms with Gasteiger partial charge < -0.3 is 10.8 Å². The molecule has 0 amide bonds. The van der Waals surface area contributed by atoms with Gasteiger partial charge in [-0.25, -0.2) is 8.78 Å². The number of halogens is 3. The summed E-state index contributed by atoms with van der Waals surface area (Å²) in [6, 6.07) is 1.90. The van der Waals surface area contributed by atoms with E-state index in [1.165, 1.54) is 0 Å². The van der Waals surface area contributed by atoms with Crippen LogP contribution in [0.25, 0.3) is 0 Å². The molecule has 0 saturated carbocycles. The summed E-state index contributed by atoms with van der Waals surface area (Å²) in [7, 11) is 0. The van der Waals surface area contributed by atoms with E-state index in [0.29, 0.717) is 0 Å². The molecule has 3 N–H and O–H groups in total. The molecule has 1 aromatic rings. The first-order chi connectivity index (χ1) is 6.61. The van der Waals surface area contributed by atoms with Gasteiger partial charge in [-0.3, -0.25) is 0 Å². The van der Waals surface area contributed by atoms with E-state index < -0.39 is 17.6 Å². The summed E-state index contributed by atoms with van der Waals surface area (Å²) in [5.41, 5.74) is 5.24. The van der Waals surface area contributed by atoms with Crippen molar-refractivity contribution in [1.82, 2.24) is 0 Å². The summed E-state index contributed by atoms with van der Waals surface area (Å²) >= 11 is 5.57. The number of hydrogen-bond acceptors (Lipinski definition) is 2. The van der Waals surface area contributed by atoms with Crippen LogP contribution in [0.4, 0.5) is 8.78 Å². The predicted molar refractivity (Wildman–Crippen MR) is 50.2 cm³/mol. The van der Waals surface area contributed by atoms with Gasteiger partial charge in [0.1, 0.15) is 11.6 Å². The largest absolute Gasteiger partial charge is 0.396 e. The first-order valence-electron chi connectivity index (χ1n) is 4.06. The van der Waals surface area contributed by atoms with Crippen LogP contribution in [0.3, 0.4) is 0 Å². The van der Waals surface area contributed by atoms with E-state index in [-0.39, 0.29) is 23.7 Å². The smallest absolute Gasteiger partial charge is 0.142 e. The number of hydrogen-bond donors (Lipinski definition) is 2. The fourth-order valence-corrected chi connectivity index (χ4v) is 1.51. The summed E-state index contributed by atoms with van der Waals surface area (Å²) in [5, 5.41) is 8.58. The van der Waals surface area contributed by atoms with Gasteiger partial charge in [0, 0.05) is 18.0 Å². The lowest BCUT2D eigenvalue weighted by Gasteiger charge is -2.14. The van der Waals surface area contributed by atoms with Gasteiger partial charge in [-0.05, 0) is 12.1 Å². The Labute approximate surface area is 85.3 Å². The van der Waals surface area contributed by atoms with Crippen molar-refractivity contribution in [3.63, 3.8) is 0 Å². The Bertz CT molecular complexity index is 329. The predicted octanol–water partition coefficient (Wildman–Crippen LogP) is 1.65. The molecule has 0 radical (unpaired) electrons. The van der Waals surface area contributed by atoms with E-state index in [9.17, 15) is 8.78 Å². The van der Waals surface area contributed by atoms with Gasteiger partial charge in [0.2, 0.25) is 0 Å². The number of aliphatic hydroxyl groups is 1. The number of nitrogens with two attached hydrogens (primary N) is 1. The molecule has 1 atom stereocenters. The molecule has 1 unspecified atom stereocenters. The Morgan fingerprint density at radius 2 is 1.93 bits per heavy atom. The van der Waals surface area contributed by atoms with Crippen molar-refractivity contribution in [2.45, 2.75) is 5.92 Å². The molecule has 0 heterocycles. The second-order valence-corrected chi connectivity index (χ2v) is 3.25. The first-order valence-corrected chi connectivity index (χ1v) is 4.44. The lowest BCUT2D eigenvalue weighted by atomic mass is 9.99. The van der Waals surface area contributed by atoms with Crippen molar-refractivity contribution in [3.05, 3.63) is 34.4 Å². The number of aliphatic hydroxyl groups excluding tert-OH is 1. The van der Waals surface area contributed by atoms with E-state index in [4.69, 9.17) is 22.4 Å². The van der Waals surface area contributed by atoms with Crippen LogP contribution in [0.1, 0.15) is 11.5 Å². The van der Waals surface area contributed by atoms with Crippen LogP contribution in [0.15, 0.2) is 12.1 Å². The minimum Gasteiger partial charge on any atom is -0.396 e. The third-order valence-corrected chi connectivity index (χ3v) is 2.38. The molecule has 1 aromatic carbocycles. The van der Waals surface area contributed by atoms with Gasteiger partial charge in [-0.1, -0.05) is 11.6 Å². The van der Waals surface area contributed by atoms with Crippen LogP contribution in [-0.4, -0.2) is 18.3 Å². The maximum Gasteiger partial charge on any atom is 0.142 e. The Balaban J connectivity index is 3.23. The zero-order valence-corrected chi connectivity index (χ0v) is 8.06. The molecule has 1 rings (SSSR count). The summed E-state index contributed by atoms with van der Waals surface area (Å²) in [6.07, 6.45) is 0. The third kappa shape index (κ3) is 2.03. The van der Waals surface area contributed by atoms with Crippen LogP contribution in [0, 0.1) is 11.6 Å². The maximum atomic E-state index is 13.2. The SMILES string of the molecule is NCC(CO)c1c(F)ccc(F)c1Cl. The van der Waals surface area contributed by atoms with E-state index in [1.807, 2.05) is 0 Å². The molecule has 0 aliphatic heterocycles. The lowest BCUT2D eigenvalue weighted by molar-refractivity contribution is 0.265. The zero-order valence-electron chi connectivity index (χ0n) is 7.30. The first kappa shape index (κ1) is 11.4. The Morgan fingerprint density at radius 3 is 2.43 bits per heavy atom. The standard InChI is InChI=1S/C9H10ClF2NO/c10-9-7(12)2-1-6(11)8(9)5(3-13)4-14/h1-2,5,14H,3-4,13H2. The zero-order chi connectivity index (χ0) is 10.7. The van der Waals surface area contributed by atoms with E-state index in [2.05, 4.69) is 0 Å². The Morgan fingerprint density at radius 1 is 1.36 bits per heavy atom. The average Bonchev–Trinajstić information content (AvgIpc) is 2.19. The Hall–Kier alpha value is -0.710. The summed E-state index contributed by atoms with van der Waals surface area (Å²) in [4.78, 5) is 0. The summed E-state index contributed by atoms with van der Waals surface area (Å²) in [5.74, 6) is -2.03. The van der Waals surface area contributed by atoms with Gasteiger partial charge in [-0.15, -0.1) is 0 Å². The summed E-state index contributed by atoms with van der Waals surface area (Å²) < 4.78 is 26.2. The molecule has 0 bridgehead atoms. The van der Waals surface area contributed by atoms with Crippen molar-refractivity contribution < 1.29 is 13.9 Å². The van der Waals surface area contributed by atoms with Crippen LogP contribution >= 0.6 is 11.6 Å². The van der Waals surface area contributed by atoms with Crippen LogP contribution in [0.2, 0.25) is 5.02 Å². The molecule has 78 valence electrons. The average molecular weight is 222 g/mol. The van der Waals surface area contributed by atoms with Crippen molar-refractivity contribution in [1.29, 1.82) is 0 Å². The molecule has 2 nitrogen and oxygen atoms in total. The van der Waals surface area contributed by atoms with Crippen molar-refractivity contribution in [2.75, 3.05) is 13.2 Å². The molecule has 0 spiro atoms. The molecule has 5 heteroatoms. The van der Waals surface area contributed by atoms with Crippen molar-refractivity contribution in [2.24, 2.45) is 5.73 Å². The van der Waals surface area contributed by atoms with Gasteiger partial charge >= 0.3 is 0 Å². The van der Waals surface area contributed by atoms with Crippen molar-refractivity contribution >= 4 is 11.6 Å². The van der Waals surface area contributed by atoms with E-state index in [1.54, 1.807) is 0 Å². The topological polar surface area (TPSA) is 46.2 Å². The third-order valence-electron chi connectivity index (χ3n) is 1.99. The van der Waals surface area contributed by atoms with Crippen LogP contribution in [0.5, 0.6) is 0 Å². The highest BCUT2D eigenvalue weighted by atomic mass is 35.5. The van der Waals surface area contributed by atoms with Crippen LogP contribution in [-0.2, 0) is 0 Å². The van der Waals surface area contributed by atoms with Gasteiger partial charge in [0.25, 0.3) is 0 Å². The van der Waals surface area contributed by atoms with Gasteiger partial charge in [-0.2, -0.15) is 0 Å². The highest BCUT2D eigenvalue weighted by Crippen LogP contribution is 2.28. The molecular weight excluding hydrogens is 212 g/mol. The number of benzene rings is 1. The minimum atomic E-state index is -0.713. The van der Waals surface area contributed by atoms with Gasteiger partial charge in [0.05, 0.1) is 11.6 Å². The molecule has 0 saturated heterocycles. The highest BCUT2D eigenvalue weighted by molar-refractivity contribution is 6.31. The molecule has 0 fully saturated rings. The van der Waals surface area contributed by atoms with Gasteiger partial charge in [0.15, 0.2) is 0 Å². The molecule has 0 aliphatic rings. The molecule has 0 aliphatic carbocycles. The fraction of sp³-hybridized carbons (Fsp3) is 0.333. The molecule has 0 aromatic heterocycles. The maximum absolute atomic E-state index is 13.2. The highest BCUT2D eigenvalue weighted by Gasteiger charge is 2.19. The fourth-order valence-electron chi connectivity index (χ4n) is 1.20. The normalized spacial score (nSPS) is 12.9. The molecule has 14 heavy (non-hydrogen) atoms. The molecular formula is C9H10ClF2NO. The Kier molecular flexibility index (Phi) is 3.80. The summed E-state index contributed by atoms with van der Waals surface area (Å²) in [6.45, 7) is -0.354. The van der Waals surface area contributed by atoms with E-state index >= 15 is 0 Å².